The number of anilines is 1. The third-order valence-corrected chi connectivity index (χ3v) is 2.18. The quantitative estimate of drug-likeness (QED) is 0.841. The number of carbonyl (C=O) groups excluding carboxylic acids is 1. The number of hydrogen-bond acceptors (Lipinski definition) is 3. The molecule has 0 bridgehead atoms. The van der Waals surface area contributed by atoms with E-state index in [0.717, 1.165) is 0 Å². The second kappa shape index (κ2) is 5.61. The molecule has 1 aromatic rings. The van der Waals surface area contributed by atoms with E-state index >= 15 is 0 Å². The summed E-state index contributed by atoms with van der Waals surface area (Å²) >= 11 is 0. The number of rotatable bonds is 4. The highest BCUT2D eigenvalue weighted by atomic mass is 16.2. The number of nitrogens with one attached hydrogen (secondary N) is 1. The van der Waals surface area contributed by atoms with Crippen LogP contribution in [0, 0.1) is 0 Å². The zero-order valence-corrected chi connectivity index (χ0v) is 10.3. The summed E-state index contributed by atoms with van der Waals surface area (Å²) in [5.74, 6) is 1.02. The van der Waals surface area contributed by atoms with Crippen LogP contribution in [0.2, 0.25) is 0 Å². The van der Waals surface area contributed by atoms with Crippen molar-refractivity contribution >= 4 is 11.7 Å². The van der Waals surface area contributed by atoms with E-state index in [0.29, 0.717) is 18.3 Å². The molecule has 0 saturated heterocycles. The van der Waals surface area contributed by atoms with Crippen LogP contribution in [-0.4, -0.2) is 36.4 Å². The molecule has 0 aliphatic carbocycles. The number of amides is 1. The second-order valence-corrected chi connectivity index (χ2v) is 4.42. The van der Waals surface area contributed by atoms with Crippen molar-refractivity contribution in [3.05, 3.63) is 23.9 Å². The summed E-state index contributed by atoms with van der Waals surface area (Å²) in [5, 5.41) is 2.78. The third kappa shape index (κ3) is 3.98. The Morgan fingerprint density at radius 2 is 2.19 bits per heavy atom. The van der Waals surface area contributed by atoms with Gasteiger partial charge in [-0.25, -0.2) is 4.98 Å². The molecule has 0 saturated carbocycles. The number of hydrogen-bond donors (Lipinski definition) is 1. The Bertz CT molecular complexity index is 361. The zero-order valence-electron chi connectivity index (χ0n) is 10.3. The Labute approximate surface area is 96.7 Å². The van der Waals surface area contributed by atoms with Gasteiger partial charge in [0.05, 0.1) is 6.54 Å². The number of aromatic nitrogens is 1. The van der Waals surface area contributed by atoms with Crippen molar-refractivity contribution in [2.24, 2.45) is 0 Å². The van der Waals surface area contributed by atoms with Gasteiger partial charge >= 0.3 is 0 Å². The fourth-order valence-electron chi connectivity index (χ4n) is 1.34. The number of nitrogens with zero attached hydrogens (tertiary/aromatic N) is 2. The molecule has 1 amide bonds. The Morgan fingerprint density at radius 3 is 2.75 bits per heavy atom. The maximum Gasteiger partial charge on any atom is 0.239 e. The van der Waals surface area contributed by atoms with Crippen molar-refractivity contribution in [2.45, 2.75) is 19.8 Å². The van der Waals surface area contributed by atoms with Gasteiger partial charge in [-0.05, 0) is 37.7 Å². The molecule has 4 nitrogen and oxygen atoms in total. The van der Waals surface area contributed by atoms with Gasteiger partial charge in [0.15, 0.2) is 0 Å². The van der Waals surface area contributed by atoms with Crippen LogP contribution in [0.25, 0.3) is 0 Å². The Kier molecular flexibility index (Phi) is 4.43. The van der Waals surface area contributed by atoms with Crippen LogP contribution in [0.5, 0.6) is 0 Å². The molecule has 0 atom stereocenters. The standard InChI is InChI=1S/C12H19N3O/c1-9(2)10-5-6-13-11(7-10)14-12(16)8-15(3)4/h5-7,9H,8H2,1-4H3,(H,13,14,16). The van der Waals surface area contributed by atoms with Crippen LogP contribution in [0.1, 0.15) is 25.3 Å². The average molecular weight is 221 g/mol. The van der Waals surface area contributed by atoms with Gasteiger partial charge in [-0.1, -0.05) is 13.8 Å². The van der Waals surface area contributed by atoms with Gasteiger partial charge in [0, 0.05) is 6.20 Å². The zero-order chi connectivity index (χ0) is 12.1. The largest absolute Gasteiger partial charge is 0.310 e. The highest BCUT2D eigenvalue weighted by molar-refractivity contribution is 5.91. The molecule has 0 unspecified atom stereocenters. The fraction of sp³-hybridized carbons (Fsp3) is 0.500. The number of likely N-dealkylation sites (N-methyl/N-ethyl adjacent to an activating group) is 1. The van der Waals surface area contributed by atoms with Gasteiger partial charge in [0.2, 0.25) is 5.91 Å². The first-order chi connectivity index (χ1) is 7.49. The van der Waals surface area contributed by atoms with Crippen LogP contribution < -0.4 is 5.32 Å². The molecular formula is C12H19N3O. The van der Waals surface area contributed by atoms with E-state index in [9.17, 15) is 4.79 Å². The molecule has 1 rings (SSSR count). The van der Waals surface area contributed by atoms with Crippen LogP contribution in [0.4, 0.5) is 5.82 Å². The SMILES string of the molecule is CC(C)c1ccnc(NC(=O)CN(C)C)c1. The summed E-state index contributed by atoms with van der Waals surface area (Å²) in [6, 6.07) is 3.88. The lowest BCUT2D eigenvalue weighted by Crippen LogP contribution is -2.27. The average Bonchev–Trinajstić information content (AvgIpc) is 2.16. The third-order valence-electron chi connectivity index (χ3n) is 2.18. The lowest BCUT2D eigenvalue weighted by atomic mass is 10.1. The van der Waals surface area contributed by atoms with Crippen LogP contribution in [0.3, 0.4) is 0 Å². The molecule has 0 fully saturated rings. The maximum atomic E-state index is 11.5. The van der Waals surface area contributed by atoms with E-state index in [2.05, 4.69) is 24.1 Å². The van der Waals surface area contributed by atoms with Crippen molar-refractivity contribution < 1.29 is 4.79 Å². The molecule has 16 heavy (non-hydrogen) atoms. The minimum Gasteiger partial charge on any atom is -0.310 e. The topological polar surface area (TPSA) is 45.2 Å². The van der Waals surface area contributed by atoms with Gasteiger partial charge in [-0.2, -0.15) is 0 Å². The van der Waals surface area contributed by atoms with Gasteiger partial charge in [0.25, 0.3) is 0 Å². The molecule has 0 aliphatic rings. The van der Waals surface area contributed by atoms with E-state index in [1.54, 1.807) is 6.20 Å². The molecule has 88 valence electrons. The summed E-state index contributed by atoms with van der Waals surface area (Å²) in [6.45, 7) is 4.59. The maximum absolute atomic E-state index is 11.5. The van der Waals surface area contributed by atoms with Gasteiger partial charge in [0.1, 0.15) is 5.82 Å². The highest BCUT2D eigenvalue weighted by Crippen LogP contribution is 2.16. The van der Waals surface area contributed by atoms with E-state index in [-0.39, 0.29) is 5.91 Å². The van der Waals surface area contributed by atoms with Crippen molar-refractivity contribution in [1.82, 2.24) is 9.88 Å². The van der Waals surface area contributed by atoms with Gasteiger partial charge in [-0.15, -0.1) is 0 Å². The van der Waals surface area contributed by atoms with E-state index in [1.165, 1.54) is 5.56 Å². The first kappa shape index (κ1) is 12.6. The molecular weight excluding hydrogens is 202 g/mol. The summed E-state index contributed by atoms with van der Waals surface area (Å²) in [7, 11) is 3.72. The van der Waals surface area contributed by atoms with E-state index in [4.69, 9.17) is 0 Å². The van der Waals surface area contributed by atoms with E-state index < -0.39 is 0 Å². The molecule has 1 N–H and O–H groups in total. The number of pyridine rings is 1. The molecule has 0 aliphatic heterocycles. The highest BCUT2D eigenvalue weighted by Gasteiger charge is 2.06. The smallest absolute Gasteiger partial charge is 0.239 e. The van der Waals surface area contributed by atoms with Crippen molar-refractivity contribution in [2.75, 3.05) is 26.0 Å². The summed E-state index contributed by atoms with van der Waals surface area (Å²) in [5.41, 5.74) is 1.18. The van der Waals surface area contributed by atoms with Crippen LogP contribution in [-0.2, 0) is 4.79 Å². The number of carbonyl (C=O) groups is 1. The lowest BCUT2D eigenvalue weighted by Gasteiger charge is -2.11. The van der Waals surface area contributed by atoms with Crippen molar-refractivity contribution in [3.63, 3.8) is 0 Å². The lowest BCUT2D eigenvalue weighted by molar-refractivity contribution is -0.116. The Morgan fingerprint density at radius 1 is 1.50 bits per heavy atom. The summed E-state index contributed by atoms with van der Waals surface area (Å²) in [6.07, 6.45) is 1.72. The minimum absolute atomic E-state index is 0.0431. The van der Waals surface area contributed by atoms with E-state index in [1.807, 2.05) is 31.1 Å². The summed E-state index contributed by atoms with van der Waals surface area (Å²) < 4.78 is 0. The van der Waals surface area contributed by atoms with Gasteiger partial charge < -0.3 is 10.2 Å². The Balaban J connectivity index is 2.67. The minimum atomic E-state index is -0.0431. The normalized spacial score (nSPS) is 10.9. The second-order valence-electron chi connectivity index (χ2n) is 4.42. The molecule has 0 spiro atoms. The fourth-order valence-corrected chi connectivity index (χ4v) is 1.34. The predicted octanol–water partition coefficient (Wildman–Crippen LogP) is 1.71. The molecule has 0 radical (unpaired) electrons. The first-order valence-electron chi connectivity index (χ1n) is 5.39. The van der Waals surface area contributed by atoms with Crippen LogP contribution >= 0.6 is 0 Å². The molecule has 1 heterocycles. The first-order valence-corrected chi connectivity index (χ1v) is 5.39. The summed E-state index contributed by atoms with van der Waals surface area (Å²) in [4.78, 5) is 17.5. The molecule has 0 aromatic carbocycles. The Hall–Kier alpha value is -1.42. The van der Waals surface area contributed by atoms with Gasteiger partial charge in [-0.3, -0.25) is 4.79 Å². The van der Waals surface area contributed by atoms with Crippen LogP contribution in [0.15, 0.2) is 18.3 Å². The monoisotopic (exact) mass is 221 g/mol. The van der Waals surface area contributed by atoms with Crippen molar-refractivity contribution in [1.29, 1.82) is 0 Å². The van der Waals surface area contributed by atoms with Crippen molar-refractivity contribution in [3.8, 4) is 0 Å². The predicted molar refractivity (Wildman–Crippen MR) is 65.5 cm³/mol. The molecule has 4 heteroatoms. The molecule has 1 aromatic heterocycles.